The van der Waals surface area contributed by atoms with E-state index in [9.17, 15) is 14.3 Å². The van der Waals surface area contributed by atoms with Crippen LogP contribution in [0.2, 0.25) is 10.0 Å². The van der Waals surface area contributed by atoms with Gasteiger partial charge in [-0.2, -0.15) is 0 Å². The second-order valence-corrected chi connectivity index (χ2v) is 5.68. The molecule has 0 saturated heterocycles. The van der Waals surface area contributed by atoms with E-state index in [1.807, 2.05) is 0 Å². The molecule has 0 radical (unpaired) electrons. The number of carboxylic acid groups (broad SMARTS) is 1. The summed E-state index contributed by atoms with van der Waals surface area (Å²) in [7, 11) is 0. The summed E-state index contributed by atoms with van der Waals surface area (Å²) in [6.07, 6.45) is 1.65. The van der Waals surface area contributed by atoms with Crippen LogP contribution in [-0.4, -0.2) is 15.6 Å². The SMILES string of the molecule is O=C(O)C(c1ccc(F)cc1Cl)n1ccc2ccc(Cl)cc21. The van der Waals surface area contributed by atoms with E-state index in [1.54, 1.807) is 35.0 Å². The standard InChI is InChI=1S/C16H10Cl2FNO2/c17-10-2-1-9-5-6-20(14(9)7-10)15(16(21)22)12-4-3-11(19)8-13(12)18/h1-8,15H,(H,21,22). The third-order valence-corrected chi connectivity index (χ3v) is 4.02. The first kappa shape index (κ1) is 14.9. The van der Waals surface area contributed by atoms with Crippen molar-refractivity contribution in [1.82, 2.24) is 4.57 Å². The molecule has 0 aliphatic rings. The van der Waals surface area contributed by atoms with E-state index in [4.69, 9.17) is 23.2 Å². The lowest BCUT2D eigenvalue weighted by atomic mass is 10.1. The van der Waals surface area contributed by atoms with Crippen LogP contribution < -0.4 is 0 Å². The van der Waals surface area contributed by atoms with Crippen molar-refractivity contribution < 1.29 is 14.3 Å². The van der Waals surface area contributed by atoms with Crippen molar-refractivity contribution in [3.8, 4) is 0 Å². The summed E-state index contributed by atoms with van der Waals surface area (Å²) in [6, 6.07) is 9.62. The minimum absolute atomic E-state index is 0.0660. The molecular weight excluding hydrogens is 328 g/mol. The van der Waals surface area contributed by atoms with E-state index in [2.05, 4.69) is 0 Å². The van der Waals surface area contributed by atoms with Crippen LogP contribution in [0.5, 0.6) is 0 Å². The Morgan fingerprint density at radius 2 is 1.91 bits per heavy atom. The van der Waals surface area contributed by atoms with Crippen molar-refractivity contribution in [2.24, 2.45) is 0 Å². The summed E-state index contributed by atoms with van der Waals surface area (Å²) in [5, 5.41) is 11.0. The van der Waals surface area contributed by atoms with Gasteiger partial charge in [0.1, 0.15) is 5.82 Å². The fourth-order valence-electron chi connectivity index (χ4n) is 2.47. The summed E-state index contributed by atoms with van der Waals surface area (Å²) < 4.78 is 14.8. The van der Waals surface area contributed by atoms with E-state index in [0.29, 0.717) is 16.1 Å². The predicted octanol–water partition coefficient (Wildman–Crippen LogP) is 4.76. The van der Waals surface area contributed by atoms with Crippen molar-refractivity contribution in [1.29, 1.82) is 0 Å². The molecular formula is C16H10Cl2FNO2. The predicted molar refractivity (Wildman–Crippen MR) is 84.1 cm³/mol. The molecule has 112 valence electrons. The number of rotatable bonds is 3. The molecule has 3 nitrogen and oxygen atoms in total. The molecule has 0 amide bonds. The lowest BCUT2D eigenvalue weighted by molar-refractivity contribution is -0.139. The van der Waals surface area contributed by atoms with Crippen LogP contribution in [0.25, 0.3) is 10.9 Å². The number of fused-ring (bicyclic) bond motifs is 1. The molecule has 3 aromatic rings. The van der Waals surface area contributed by atoms with Gasteiger partial charge >= 0.3 is 5.97 Å². The summed E-state index contributed by atoms with van der Waals surface area (Å²) in [4.78, 5) is 11.8. The van der Waals surface area contributed by atoms with Gasteiger partial charge in [0.2, 0.25) is 0 Å². The maximum Gasteiger partial charge on any atom is 0.331 e. The number of aromatic nitrogens is 1. The minimum Gasteiger partial charge on any atom is -0.479 e. The fourth-order valence-corrected chi connectivity index (χ4v) is 2.91. The highest BCUT2D eigenvalue weighted by Crippen LogP contribution is 2.31. The van der Waals surface area contributed by atoms with Gasteiger partial charge in [-0.1, -0.05) is 35.3 Å². The van der Waals surface area contributed by atoms with Gasteiger partial charge in [0, 0.05) is 21.8 Å². The quantitative estimate of drug-likeness (QED) is 0.748. The van der Waals surface area contributed by atoms with Gasteiger partial charge in [-0.25, -0.2) is 9.18 Å². The molecule has 0 bridgehead atoms. The Morgan fingerprint density at radius 1 is 1.14 bits per heavy atom. The molecule has 1 atom stereocenters. The Hall–Kier alpha value is -2.04. The van der Waals surface area contributed by atoms with Crippen LogP contribution in [0.3, 0.4) is 0 Å². The molecule has 22 heavy (non-hydrogen) atoms. The third-order valence-electron chi connectivity index (χ3n) is 3.45. The van der Waals surface area contributed by atoms with Crippen LogP contribution >= 0.6 is 23.2 Å². The first-order valence-corrected chi connectivity index (χ1v) is 7.17. The van der Waals surface area contributed by atoms with E-state index in [0.717, 1.165) is 11.5 Å². The molecule has 1 N–H and O–H groups in total. The topological polar surface area (TPSA) is 42.2 Å². The monoisotopic (exact) mass is 337 g/mol. The average molecular weight is 338 g/mol. The Kier molecular flexibility index (Phi) is 3.81. The normalized spacial score (nSPS) is 12.5. The largest absolute Gasteiger partial charge is 0.479 e. The smallest absolute Gasteiger partial charge is 0.331 e. The average Bonchev–Trinajstić information content (AvgIpc) is 2.84. The Morgan fingerprint density at radius 3 is 2.59 bits per heavy atom. The van der Waals surface area contributed by atoms with Gasteiger partial charge in [-0.15, -0.1) is 0 Å². The highest BCUT2D eigenvalue weighted by molar-refractivity contribution is 6.32. The van der Waals surface area contributed by atoms with Gasteiger partial charge in [-0.05, 0) is 35.7 Å². The van der Waals surface area contributed by atoms with E-state index in [1.165, 1.54) is 12.1 Å². The molecule has 0 spiro atoms. The zero-order valence-corrected chi connectivity index (χ0v) is 12.6. The number of hydrogen-bond acceptors (Lipinski definition) is 1. The summed E-state index contributed by atoms with van der Waals surface area (Å²) in [6.45, 7) is 0. The van der Waals surface area contributed by atoms with Crippen LogP contribution in [0.15, 0.2) is 48.7 Å². The van der Waals surface area contributed by atoms with Gasteiger partial charge in [0.05, 0.1) is 5.52 Å². The van der Waals surface area contributed by atoms with Gasteiger partial charge in [0.15, 0.2) is 6.04 Å². The highest BCUT2D eigenvalue weighted by atomic mass is 35.5. The van der Waals surface area contributed by atoms with Crippen LogP contribution in [-0.2, 0) is 4.79 Å². The molecule has 1 unspecified atom stereocenters. The molecule has 0 saturated carbocycles. The van der Waals surface area contributed by atoms with E-state index >= 15 is 0 Å². The van der Waals surface area contributed by atoms with Gasteiger partial charge in [0.25, 0.3) is 0 Å². The molecule has 3 rings (SSSR count). The molecule has 0 aliphatic carbocycles. The number of benzene rings is 2. The number of hydrogen-bond donors (Lipinski definition) is 1. The number of aliphatic carboxylic acids is 1. The van der Waals surface area contributed by atoms with Crippen LogP contribution in [0, 0.1) is 5.82 Å². The molecule has 2 aromatic carbocycles. The third kappa shape index (κ3) is 2.56. The summed E-state index contributed by atoms with van der Waals surface area (Å²) in [5.41, 5.74) is 0.980. The number of carbonyl (C=O) groups is 1. The molecule has 0 aliphatic heterocycles. The van der Waals surface area contributed by atoms with Crippen molar-refractivity contribution >= 4 is 40.1 Å². The first-order valence-electron chi connectivity index (χ1n) is 6.41. The minimum atomic E-state index is -1.09. The second kappa shape index (κ2) is 5.63. The van der Waals surface area contributed by atoms with Crippen molar-refractivity contribution in [2.75, 3.05) is 0 Å². The Balaban J connectivity index is 2.22. The van der Waals surface area contributed by atoms with Crippen molar-refractivity contribution in [2.45, 2.75) is 6.04 Å². The molecule has 1 heterocycles. The van der Waals surface area contributed by atoms with Gasteiger partial charge < -0.3 is 9.67 Å². The van der Waals surface area contributed by atoms with Crippen molar-refractivity contribution in [3.63, 3.8) is 0 Å². The highest BCUT2D eigenvalue weighted by Gasteiger charge is 2.25. The number of halogens is 3. The lowest BCUT2D eigenvalue weighted by Gasteiger charge is -2.18. The van der Waals surface area contributed by atoms with E-state index < -0.39 is 17.8 Å². The Bertz CT molecular complexity index is 876. The summed E-state index contributed by atoms with van der Waals surface area (Å²) in [5.74, 6) is -1.61. The zero-order chi connectivity index (χ0) is 15.9. The van der Waals surface area contributed by atoms with Crippen molar-refractivity contribution in [3.05, 3.63) is 70.1 Å². The van der Waals surface area contributed by atoms with E-state index in [-0.39, 0.29) is 5.02 Å². The lowest BCUT2D eigenvalue weighted by Crippen LogP contribution is -2.20. The fraction of sp³-hybridized carbons (Fsp3) is 0.0625. The maximum atomic E-state index is 13.2. The zero-order valence-electron chi connectivity index (χ0n) is 11.1. The number of nitrogens with zero attached hydrogens (tertiary/aromatic N) is 1. The van der Waals surface area contributed by atoms with Crippen LogP contribution in [0.4, 0.5) is 4.39 Å². The molecule has 0 fully saturated rings. The Labute approximate surface area is 135 Å². The van der Waals surface area contributed by atoms with Crippen LogP contribution in [0.1, 0.15) is 11.6 Å². The summed E-state index contributed by atoms with van der Waals surface area (Å²) >= 11 is 12.0. The second-order valence-electron chi connectivity index (χ2n) is 4.83. The molecule has 1 aromatic heterocycles. The first-order chi connectivity index (χ1) is 10.5. The molecule has 6 heteroatoms. The number of carboxylic acids is 1. The van der Waals surface area contributed by atoms with Gasteiger partial charge in [-0.3, -0.25) is 0 Å². The maximum absolute atomic E-state index is 13.2.